The summed E-state index contributed by atoms with van der Waals surface area (Å²) in [6.45, 7) is 1.84. The summed E-state index contributed by atoms with van der Waals surface area (Å²) in [4.78, 5) is 39.4. The van der Waals surface area contributed by atoms with Crippen molar-refractivity contribution in [2.75, 3.05) is 37.8 Å². The predicted octanol–water partition coefficient (Wildman–Crippen LogP) is 2.84. The molecule has 0 aromatic heterocycles. The number of carbonyl (C=O) groups is 3. The topological polar surface area (TPSA) is 87.7 Å². The molecule has 164 valence electrons. The maximum atomic E-state index is 12.5. The van der Waals surface area contributed by atoms with Crippen LogP contribution < -0.4 is 10.6 Å². The van der Waals surface area contributed by atoms with E-state index < -0.39 is 11.8 Å². The van der Waals surface area contributed by atoms with Gasteiger partial charge in [0.05, 0.1) is 13.2 Å². The molecule has 0 saturated carbocycles. The number of rotatable bonds is 7. The van der Waals surface area contributed by atoms with Crippen LogP contribution >= 0.6 is 11.8 Å². The first-order valence-electron chi connectivity index (χ1n) is 10.2. The molecule has 0 radical (unpaired) electrons. The van der Waals surface area contributed by atoms with Gasteiger partial charge in [0.1, 0.15) is 6.10 Å². The number of ether oxygens (including phenoxy) is 1. The van der Waals surface area contributed by atoms with Crippen LogP contribution in [0.25, 0.3) is 0 Å². The second kappa shape index (κ2) is 11.5. The maximum absolute atomic E-state index is 12.5. The second-order valence-electron chi connectivity index (χ2n) is 7.16. The van der Waals surface area contributed by atoms with Gasteiger partial charge in [0.25, 0.3) is 0 Å². The minimum Gasteiger partial charge on any atom is -0.370 e. The van der Waals surface area contributed by atoms with E-state index in [9.17, 15) is 14.4 Å². The van der Waals surface area contributed by atoms with Crippen molar-refractivity contribution in [1.29, 1.82) is 0 Å². The van der Waals surface area contributed by atoms with Gasteiger partial charge < -0.3 is 20.3 Å². The third-order valence-corrected chi connectivity index (χ3v) is 5.70. The Kier molecular flexibility index (Phi) is 8.49. The molecule has 0 aliphatic carbocycles. The van der Waals surface area contributed by atoms with Crippen molar-refractivity contribution in [3.63, 3.8) is 0 Å². The normalized spacial score (nSPS) is 15.9. The number of amides is 3. The molecule has 2 aromatic carbocycles. The lowest BCUT2D eigenvalue weighted by molar-refractivity contribution is -0.139. The van der Waals surface area contributed by atoms with Crippen molar-refractivity contribution in [2.24, 2.45) is 0 Å². The molecular weight excluding hydrogens is 414 g/mol. The highest BCUT2D eigenvalue weighted by atomic mass is 32.2. The molecule has 2 aromatic rings. The molecule has 3 rings (SSSR count). The van der Waals surface area contributed by atoms with Crippen molar-refractivity contribution in [3.8, 4) is 0 Å². The van der Waals surface area contributed by atoms with Crippen LogP contribution in [0, 0.1) is 0 Å². The Morgan fingerprint density at radius 1 is 1.10 bits per heavy atom. The van der Waals surface area contributed by atoms with Crippen molar-refractivity contribution < 1.29 is 19.1 Å². The standard InChI is InChI=1S/C23H27N3O4S/c1-31-19-10-5-9-18(15-19)25-23(29)22(28)24-12-6-11-21(27)26-13-14-30-20(16-26)17-7-3-2-4-8-17/h2-5,7-10,15,20H,6,11-14,16H2,1H3,(H,24,28)(H,25,29). The molecule has 1 heterocycles. The van der Waals surface area contributed by atoms with Gasteiger partial charge in [-0.2, -0.15) is 0 Å². The number of hydrogen-bond acceptors (Lipinski definition) is 5. The zero-order chi connectivity index (χ0) is 22.1. The van der Waals surface area contributed by atoms with E-state index in [1.54, 1.807) is 28.8 Å². The van der Waals surface area contributed by atoms with E-state index in [0.29, 0.717) is 38.2 Å². The van der Waals surface area contributed by atoms with Gasteiger partial charge in [-0.05, 0) is 36.4 Å². The van der Waals surface area contributed by atoms with Crippen LogP contribution in [0.5, 0.6) is 0 Å². The zero-order valence-corrected chi connectivity index (χ0v) is 18.3. The first-order chi connectivity index (χ1) is 15.1. The lowest BCUT2D eigenvalue weighted by Crippen LogP contribution is -2.42. The van der Waals surface area contributed by atoms with E-state index in [1.165, 1.54) is 0 Å². The Balaban J connectivity index is 1.38. The largest absolute Gasteiger partial charge is 0.370 e. The van der Waals surface area contributed by atoms with Crippen molar-refractivity contribution >= 4 is 35.2 Å². The molecule has 7 nitrogen and oxygen atoms in total. The minimum atomic E-state index is -0.719. The fourth-order valence-corrected chi connectivity index (χ4v) is 3.77. The summed E-state index contributed by atoms with van der Waals surface area (Å²) in [7, 11) is 0. The van der Waals surface area contributed by atoms with Crippen molar-refractivity contribution in [3.05, 3.63) is 60.2 Å². The van der Waals surface area contributed by atoms with E-state index in [-0.39, 0.29) is 18.6 Å². The van der Waals surface area contributed by atoms with Gasteiger partial charge in [0, 0.05) is 30.1 Å². The van der Waals surface area contributed by atoms with Crippen molar-refractivity contribution in [1.82, 2.24) is 10.2 Å². The highest BCUT2D eigenvalue weighted by Crippen LogP contribution is 2.22. The summed E-state index contributed by atoms with van der Waals surface area (Å²) < 4.78 is 5.79. The highest BCUT2D eigenvalue weighted by molar-refractivity contribution is 7.98. The monoisotopic (exact) mass is 441 g/mol. The first kappa shape index (κ1) is 22.8. The van der Waals surface area contributed by atoms with Gasteiger partial charge in [0.2, 0.25) is 5.91 Å². The van der Waals surface area contributed by atoms with Crippen LogP contribution in [-0.2, 0) is 19.1 Å². The highest BCUT2D eigenvalue weighted by Gasteiger charge is 2.25. The molecule has 0 spiro atoms. The molecule has 1 atom stereocenters. The van der Waals surface area contributed by atoms with Gasteiger partial charge in [-0.25, -0.2) is 0 Å². The van der Waals surface area contributed by atoms with E-state index in [1.807, 2.05) is 48.7 Å². The number of carbonyl (C=O) groups excluding carboxylic acids is 3. The van der Waals surface area contributed by atoms with E-state index in [4.69, 9.17) is 4.74 Å². The molecule has 2 N–H and O–H groups in total. The van der Waals surface area contributed by atoms with Crippen LogP contribution in [0.2, 0.25) is 0 Å². The molecule has 31 heavy (non-hydrogen) atoms. The summed E-state index contributed by atoms with van der Waals surface area (Å²) in [5.41, 5.74) is 1.63. The number of thioether (sulfide) groups is 1. The quantitative estimate of drug-likeness (QED) is 0.392. The number of benzene rings is 2. The van der Waals surface area contributed by atoms with E-state index in [2.05, 4.69) is 10.6 Å². The molecule has 1 fully saturated rings. The van der Waals surface area contributed by atoms with Crippen LogP contribution in [0.1, 0.15) is 24.5 Å². The Morgan fingerprint density at radius 2 is 1.90 bits per heavy atom. The fraction of sp³-hybridized carbons (Fsp3) is 0.348. The van der Waals surface area contributed by atoms with Gasteiger partial charge in [-0.15, -0.1) is 11.8 Å². The molecule has 1 unspecified atom stereocenters. The summed E-state index contributed by atoms with van der Waals surface area (Å²) in [6.07, 6.45) is 2.59. The number of nitrogens with one attached hydrogen (secondary N) is 2. The molecule has 1 saturated heterocycles. The molecule has 1 aliphatic rings. The van der Waals surface area contributed by atoms with Gasteiger partial charge >= 0.3 is 11.8 Å². The number of nitrogens with zero attached hydrogens (tertiary/aromatic N) is 1. The maximum Gasteiger partial charge on any atom is 0.313 e. The Hall–Kier alpha value is -2.84. The average Bonchev–Trinajstić information content (AvgIpc) is 2.82. The summed E-state index contributed by atoms with van der Waals surface area (Å²) in [5.74, 6) is -1.40. The van der Waals surface area contributed by atoms with E-state index >= 15 is 0 Å². The molecule has 1 aliphatic heterocycles. The summed E-state index contributed by atoms with van der Waals surface area (Å²) >= 11 is 1.55. The lowest BCUT2D eigenvalue weighted by Gasteiger charge is -2.33. The smallest absolute Gasteiger partial charge is 0.313 e. The van der Waals surface area contributed by atoms with Crippen LogP contribution in [0.15, 0.2) is 59.5 Å². The Labute approximate surface area is 186 Å². The molecular formula is C23H27N3O4S. The summed E-state index contributed by atoms with van der Waals surface area (Å²) in [6, 6.07) is 17.1. The predicted molar refractivity (Wildman–Crippen MR) is 121 cm³/mol. The molecule has 0 bridgehead atoms. The number of morpholine rings is 1. The Morgan fingerprint density at radius 3 is 2.68 bits per heavy atom. The molecule has 3 amide bonds. The number of hydrogen-bond donors (Lipinski definition) is 2. The second-order valence-corrected chi connectivity index (χ2v) is 8.04. The Bertz CT molecular complexity index is 907. The minimum absolute atomic E-state index is 0.0248. The van der Waals surface area contributed by atoms with E-state index in [0.717, 1.165) is 10.5 Å². The third kappa shape index (κ3) is 6.83. The van der Waals surface area contributed by atoms with Gasteiger partial charge in [-0.1, -0.05) is 36.4 Å². The van der Waals surface area contributed by atoms with Gasteiger partial charge in [0.15, 0.2) is 0 Å². The first-order valence-corrected chi connectivity index (χ1v) is 11.5. The summed E-state index contributed by atoms with van der Waals surface area (Å²) in [5, 5.41) is 5.16. The fourth-order valence-electron chi connectivity index (χ4n) is 3.31. The zero-order valence-electron chi connectivity index (χ0n) is 17.5. The molecule has 8 heteroatoms. The average molecular weight is 442 g/mol. The van der Waals surface area contributed by atoms with Crippen molar-refractivity contribution in [2.45, 2.75) is 23.8 Å². The SMILES string of the molecule is CSc1cccc(NC(=O)C(=O)NCCCC(=O)N2CCOC(c3ccccc3)C2)c1. The lowest BCUT2D eigenvalue weighted by atomic mass is 10.1. The van der Waals surface area contributed by atoms with Crippen LogP contribution in [0.4, 0.5) is 5.69 Å². The van der Waals surface area contributed by atoms with Crippen LogP contribution in [0.3, 0.4) is 0 Å². The van der Waals surface area contributed by atoms with Crippen LogP contribution in [-0.4, -0.2) is 55.1 Å². The number of anilines is 1. The van der Waals surface area contributed by atoms with Gasteiger partial charge in [-0.3, -0.25) is 14.4 Å². The third-order valence-electron chi connectivity index (χ3n) is 4.98.